The molecule has 0 nitrogen and oxygen atoms in total. The Morgan fingerprint density at radius 2 is 1.35 bits per heavy atom. The van der Waals surface area contributed by atoms with Crippen molar-refractivity contribution in [2.24, 2.45) is 0 Å². The summed E-state index contributed by atoms with van der Waals surface area (Å²) in [6.07, 6.45) is 0. The van der Waals surface area contributed by atoms with Gasteiger partial charge in [0.25, 0.3) is 0 Å². The van der Waals surface area contributed by atoms with Gasteiger partial charge in [0.15, 0.2) is 0 Å². The van der Waals surface area contributed by atoms with Gasteiger partial charge in [0.05, 0.1) is 0 Å². The molecule has 0 radical (unpaired) electrons. The van der Waals surface area contributed by atoms with Gasteiger partial charge in [-0.25, -0.2) is 0 Å². The van der Waals surface area contributed by atoms with E-state index in [1.165, 1.54) is 38.9 Å². The average Bonchev–Trinajstić information content (AvgIpc) is 2.27. The predicted octanol–water partition coefficient (Wildman–Crippen LogP) is 4.90. The minimum Gasteiger partial charge on any atom is -0.0584 e. The van der Waals surface area contributed by atoms with E-state index in [-0.39, 0.29) is 0 Å². The number of hydrogen-bond donors (Lipinski definition) is 0. The van der Waals surface area contributed by atoms with Gasteiger partial charge in [0, 0.05) is 0 Å². The van der Waals surface area contributed by atoms with E-state index in [1.54, 1.807) is 0 Å². The van der Waals surface area contributed by atoms with Crippen molar-refractivity contribution < 1.29 is 0 Å². The van der Waals surface area contributed by atoms with E-state index in [1.807, 2.05) is 0 Å². The Balaban J connectivity index is 2.64. The van der Waals surface area contributed by atoms with Crippen LogP contribution in [0.3, 0.4) is 0 Å². The van der Waals surface area contributed by atoms with Gasteiger partial charge < -0.3 is 0 Å². The molecule has 17 heavy (non-hydrogen) atoms. The summed E-state index contributed by atoms with van der Waals surface area (Å²) < 4.78 is 0. The maximum Gasteiger partial charge on any atom is -0.0149 e. The van der Waals surface area contributed by atoms with Crippen molar-refractivity contribution in [1.82, 2.24) is 0 Å². The lowest BCUT2D eigenvalue weighted by atomic mass is 9.93. The lowest BCUT2D eigenvalue weighted by Gasteiger charge is -2.12. The van der Waals surface area contributed by atoms with Crippen LogP contribution in [0.5, 0.6) is 0 Å². The van der Waals surface area contributed by atoms with Gasteiger partial charge in [-0.05, 0) is 68.0 Å². The Bertz CT molecular complexity index is 562. The summed E-state index contributed by atoms with van der Waals surface area (Å²) in [5.41, 5.74) is 9.51. The standard InChI is InChI=1S/C17H20/c1-11-8-14(4)15(5)17(9-11)16-7-6-12(2)13(3)10-16/h6-10H,1-5H3. The van der Waals surface area contributed by atoms with Gasteiger partial charge in [-0.2, -0.15) is 0 Å². The minimum absolute atomic E-state index is 1.33. The molecular weight excluding hydrogens is 204 g/mol. The van der Waals surface area contributed by atoms with E-state index in [0.29, 0.717) is 0 Å². The van der Waals surface area contributed by atoms with Crippen LogP contribution < -0.4 is 0 Å². The SMILES string of the molecule is Cc1cc(C)c(C)c(-c2ccc(C)c(C)c2)c1. The van der Waals surface area contributed by atoms with Crippen LogP contribution in [0, 0.1) is 34.6 Å². The molecule has 0 atom stereocenters. The third-order valence-electron chi connectivity index (χ3n) is 3.63. The third-order valence-corrected chi connectivity index (χ3v) is 3.63. The van der Waals surface area contributed by atoms with Crippen LogP contribution in [0.15, 0.2) is 30.3 Å². The highest BCUT2D eigenvalue weighted by molar-refractivity contribution is 5.70. The second-order valence-electron chi connectivity index (χ2n) is 5.05. The molecule has 0 bridgehead atoms. The second-order valence-corrected chi connectivity index (χ2v) is 5.05. The van der Waals surface area contributed by atoms with Crippen molar-refractivity contribution in [1.29, 1.82) is 0 Å². The molecule has 0 spiro atoms. The van der Waals surface area contributed by atoms with Gasteiger partial charge in [0.1, 0.15) is 0 Å². The van der Waals surface area contributed by atoms with E-state index >= 15 is 0 Å². The molecule has 0 heteroatoms. The first-order valence-electron chi connectivity index (χ1n) is 6.14. The molecule has 0 aliphatic carbocycles. The highest BCUT2D eigenvalue weighted by Crippen LogP contribution is 2.28. The Morgan fingerprint density at radius 1 is 0.647 bits per heavy atom. The maximum atomic E-state index is 2.29. The molecule has 0 heterocycles. The summed E-state index contributed by atoms with van der Waals surface area (Å²) >= 11 is 0. The van der Waals surface area contributed by atoms with Gasteiger partial charge in [-0.3, -0.25) is 0 Å². The van der Waals surface area contributed by atoms with Crippen LogP contribution in [0.4, 0.5) is 0 Å². The monoisotopic (exact) mass is 224 g/mol. The largest absolute Gasteiger partial charge is 0.0584 e. The fourth-order valence-electron chi connectivity index (χ4n) is 2.25. The van der Waals surface area contributed by atoms with Crippen LogP contribution in [-0.2, 0) is 0 Å². The molecule has 0 unspecified atom stereocenters. The molecular formula is C17H20. The first-order valence-corrected chi connectivity index (χ1v) is 6.14. The van der Waals surface area contributed by atoms with Crippen molar-refractivity contribution in [3.8, 4) is 11.1 Å². The van der Waals surface area contributed by atoms with E-state index in [9.17, 15) is 0 Å². The zero-order valence-electron chi connectivity index (χ0n) is 11.4. The summed E-state index contributed by atoms with van der Waals surface area (Å²) in [7, 11) is 0. The molecule has 0 aliphatic rings. The first kappa shape index (κ1) is 11.9. The Labute approximate surface area is 104 Å². The van der Waals surface area contributed by atoms with E-state index in [2.05, 4.69) is 65.0 Å². The lowest BCUT2D eigenvalue weighted by Crippen LogP contribution is -1.91. The zero-order chi connectivity index (χ0) is 12.6. The highest BCUT2D eigenvalue weighted by atomic mass is 14.1. The zero-order valence-corrected chi connectivity index (χ0v) is 11.4. The van der Waals surface area contributed by atoms with Gasteiger partial charge in [-0.15, -0.1) is 0 Å². The topological polar surface area (TPSA) is 0 Å². The molecule has 0 aromatic heterocycles. The van der Waals surface area contributed by atoms with Crippen molar-refractivity contribution in [3.63, 3.8) is 0 Å². The van der Waals surface area contributed by atoms with E-state index in [0.717, 1.165) is 0 Å². The normalized spacial score (nSPS) is 10.6. The molecule has 0 saturated heterocycles. The quantitative estimate of drug-likeness (QED) is 0.646. The Hall–Kier alpha value is -1.56. The fourth-order valence-corrected chi connectivity index (χ4v) is 2.25. The minimum atomic E-state index is 1.33. The first-order chi connectivity index (χ1) is 7.99. The number of benzene rings is 2. The molecule has 0 N–H and O–H groups in total. The van der Waals surface area contributed by atoms with Crippen LogP contribution >= 0.6 is 0 Å². The number of aryl methyl sites for hydroxylation is 4. The summed E-state index contributed by atoms with van der Waals surface area (Å²) in [5.74, 6) is 0. The molecule has 2 rings (SSSR count). The second kappa shape index (κ2) is 4.37. The maximum absolute atomic E-state index is 2.29. The van der Waals surface area contributed by atoms with E-state index in [4.69, 9.17) is 0 Å². The van der Waals surface area contributed by atoms with Crippen LogP contribution in [-0.4, -0.2) is 0 Å². The van der Waals surface area contributed by atoms with Crippen molar-refractivity contribution in [3.05, 3.63) is 58.1 Å². The highest BCUT2D eigenvalue weighted by Gasteiger charge is 2.06. The summed E-state index contributed by atoms with van der Waals surface area (Å²) in [4.78, 5) is 0. The van der Waals surface area contributed by atoms with Crippen molar-refractivity contribution >= 4 is 0 Å². The van der Waals surface area contributed by atoms with Crippen LogP contribution in [0.2, 0.25) is 0 Å². The third kappa shape index (κ3) is 2.26. The number of hydrogen-bond acceptors (Lipinski definition) is 0. The average molecular weight is 224 g/mol. The molecule has 0 saturated carbocycles. The van der Waals surface area contributed by atoms with Crippen molar-refractivity contribution in [2.45, 2.75) is 34.6 Å². The summed E-state index contributed by atoms with van der Waals surface area (Å²) in [5, 5.41) is 0. The van der Waals surface area contributed by atoms with Crippen LogP contribution in [0.1, 0.15) is 27.8 Å². The molecule has 0 aliphatic heterocycles. The Kier molecular flexibility index (Phi) is 3.06. The summed E-state index contributed by atoms with van der Waals surface area (Å²) in [6.45, 7) is 10.9. The molecule has 0 amide bonds. The molecule has 88 valence electrons. The smallest absolute Gasteiger partial charge is 0.0149 e. The Morgan fingerprint density at radius 3 is 2.00 bits per heavy atom. The summed E-state index contributed by atoms with van der Waals surface area (Å²) in [6, 6.07) is 11.3. The van der Waals surface area contributed by atoms with Crippen molar-refractivity contribution in [2.75, 3.05) is 0 Å². The van der Waals surface area contributed by atoms with Gasteiger partial charge in [0.2, 0.25) is 0 Å². The van der Waals surface area contributed by atoms with Gasteiger partial charge in [-0.1, -0.05) is 35.9 Å². The predicted molar refractivity (Wildman–Crippen MR) is 75.6 cm³/mol. The van der Waals surface area contributed by atoms with E-state index < -0.39 is 0 Å². The molecule has 2 aromatic rings. The fraction of sp³-hybridized carbons (Fsp3) is 0.294. The number of rotatable bonds is 1. The molecule has 2 aromatic carbocycles. The van der Waals surface area contributed by atoms with Gasteiger partial charge >= 0.3 is 0 Å². The molecule has 0 fully saturated rings. The van der Waals surface area contributed by atoms with Crippen LogP contribution in [0.25, 0.3) is 11.1 Å². The lowest BCUT2D eigenvalue weighted by molar-refractivity contribution is 1.29.